The zero-order valence-electron chi connectivity index (χ0n) is 11.6. The van der Waals surface area contributed by atoms with Crippen LogP contribution in [-0.2, 0) is 4.79 Å². The number of carboxylic acids is 1. The van der Waals surface area contributed by atoms with Crippen LogP contribution < -0.4 is 9.64 Å². The van der Waals surface area contributed by atoms with Crippen LogP contribution in [0.2, 0.25) is 0 Å². The molecule has 1 saturated carbocycles. The molecule has 0 saturated heterocycles. The van der Waals surface area contributed by atoms with Crippen LogP contribution in [0, 0.1) is 5.92 Å². The van der Waals surface area contributed by atoms with Gasteiger partial charge in [-0.1, -0.05) is 25.0 Å². The molecular weight excluding hydrogens is 254 g/mol. The summed E-state index contributed by atoms with van der Waals surface area (Å²) in [6.07, 6.45) is 4.84. The lowest BCUT2D eigenvalue weighted by molar-refractivity contribution is -0.143. The maximum atomic E-state index is 11.5. The highest BCUT2D eigenvalue weighted by Crippen LogP contribution is 2.37. The van der Waals surface area contributed by atoms with Crippen molar-refractivity contribution in [3.8, 4) is 5.75 Å². The number of aliphatic carboxylic acids is 1. The summed E-state index contributed by atoms with van der Waals surface area (Å²) in [5.74, 6) is -0.0213. The van der Waals surface area contributed by atoms with Crippen molar-refractivity contribution in [1.29, 1.82) is 0 Å². The molecule has 1 aromatic rings. The van der Waals surface area contributed by atoms with E-state index in [1.807, 2.05) is 24.3 Å². The Bertz CT molecular complexity index is 488. The number of ether oxygens (including phenoxy) is 1. The molecule has 0 radical (unpaired) electrons. The number of rotatable bonds is 2. The Morgan fingerprint density at radius 1 is 1.20 bits per heavy atom. The molecule has 0 bridgehead atoms. The molecule has 0 amide bonds. The monoisotopic (exact) mass is 275 g/mol. The van der Waals surface area contributed by atoms with E-state index in [2.05, 4.69) is 4.90 Å². The molecule has 4 heteroatoms. The van der Waals surface area contributed by atoms with E-state index < -0.39 is 5.97 Å². The van der Waals surface area contributed by atoms with E-state index in [9.17, 15) is 9.90 Å². The molecule has 0 aromatic heterocycles. The molecule has 4 nitrogen and oxygen atoms in total. The van der Waals surface area contributed by atoms with Crippen LogP contribution in [0.25, 0.3) is 0 Å². The summed E-state index contributed by atoms with van der Waals surface area (Å²) in [4.78, 5) is 13.8. The summed E-state index contributed by atoms with van der Waals surface area (Å²) >= 11 is 0. The molecule has 1 aliphatic carbocycles. The number of hydrogen-bond acceptors (Lipinski definition) is 3. The van der Waals surface area contributed by atoms with Gasteiger partial charge < -0.3 is 14.7 Å². The fraction of sp³-hybridized carbons (Fsp3) is 0.562. The summed E-state index contributed by atoms with van der Waals surface area (Å²) in [5, 5.41) is 9.50. The Labute approximate surface area is 119 Å². The standard InChI is InChI=1S/C16H21NO3/c18-16(19)12-6-1-2-7-13(12)17-10-5-11-20-15-9-4-3-8-14(15)17/h3-4,8-9,12-13H,1-2,5-7,10-11H2,(H,18,19). The average Bonchev–Trinajstić information content (AvgIpc) is 2.69. The minimum atomic E-state index is -0.655. The zero-order valence-corrected chi connectivity index (χ0v) is 11.6. The van der Waals surface area contributed by atoms with Crippen molar-refractivity contribution in [2.75, 3.05) is 18.1 Å². The Hall–Kier alpha value is -1.71. The van der Waals surface area contributed by atoms with Crippen LogP contribution in [-0.4, -0.2) is 30.3 Å². The second-order valence-electron chi connectivity index (χ2n) is 5.66. The van der Waals surface area contributed by atoms with E-state index in [0.29, 0.717) is 6.61 Å². The lowest BCUT2D eigenvalue weighted by Crippen LogP contribution is -2.46. The normalized spacial score (nSPS) is 26.3. The SMILES string of the molecule is O=C(O)C1CCCCC1N1CCCOc2ccccc21. The van der Waals surface area contributed by atoms with Crippen LogP contribution in [0.5, 0.6) is 5.75 Å². The minimum Gasteiger partial charge on any atom is -0.491 e. The van der Waals surface area contributed by atoms with Crippen LogP contribution in [0.1, 0.15) is 32.1 Å². The van der Waals surface area contributed by atoms with Crippen LogP contribution >= 0.6 is 0 Å². The van der Waals surface area contributed by atoms with Gasteiger partial charge in [0.1, 0.15) is 5.75 Å². The quantitative estimate of drug-likeness (QED) is 0.901. The maximum Gasteiger partial charge on any atom is 0.308 e. The fourth-order valence-corrected chi connectivity index (χ4v) is 3.47. The largest absolute Gasteiger partial charge is 0.491 e. The molecule has 0 spiro atoms. The zero-order chi connectivity index (χ0) is 13.9. The second-order valence-corrected chi connectivity index (χ2v) is 5.66. The van der Waals surface area contributed by atoms with E-state index in [-0.39, 0.29) is 12.0 Å². The van der Waals surface area contributed by atoms with Gasteiger partial charge in [-0.15, -0.1) is 0 Å². The summed E-state index contributed by atoms with van der Waals surface area (Å²) in [6.45, 7) is 1.59. The number of hydrogen-bond donors (Lipinski definition) is 1. The Balaban J connectivity index is 1.93. The van der Waals surface area contributed by atoms with Crippen molar-refractivity contribution in [3.63, 3.8) is 0 Å². The molecule has 1 aromatic carbocycles. The Morgan fingerprint density at radius 3 is 2.85 bits per heavy atom. The Morgan fingerprint density at radius 2 is 2.00 bits per heavy atom. The smallest absolute Gasteiger partial charge is 0.308 e. The third kappa shape index (κ3) is 2.47. The Kier molecular flexibility index (Phi) is 3.81. The molecule has 2 aliphatic rings. The molecule has 108 valence electrons. The van der Waals surface area contributed by atoms with E-state index in [4.69, 9.17) is 4.74 Å². The van der Waals surface area contributed by atoms with Crippen molar-refractivity contribution in [2.24, 2.45) is 5.92 Å². The third-order valence-corrected chi connectivity index (χ3v) is 4.42. The number of fused-ring (bicyclic) bond motifs is 1. The number of benzene rings is 1. The number of carbonyl (C=O) groups is 1. The van der Waals surface area contributed by atoms with Crippen LogP contribution in [0.15, 0.2) is 24.3 Å². The number of para-hydroxylation sites is 2. The van der Waals surface area contributed by atoms with Crippen molar-refractivity contribution in [1.82, 2.24) is 0 Å². The molecule has 2 unspecified atom stereocenters. The summed E-state index contributed by atoms with van der Waals surface area (Å²) < 4.78 is 5.78. The number of carboxylic acid groups (broad SMARTS) is 1. The van der Waals surface area contributed by atoms with Crippen LogP contribution in [0.4, 0.5) is 5.69 Å². The highest BCUT2D eigenvalue weighted by atomic mass is 16.5. The van der Waals surface area contributed by atoms with Gasteiger partial charge in [0.2, 0.25) is 0 Å². The maximum absolute atomic E-state index is 11.5. The molecule has 1 aliphatic heterocycles. The van der Waals surface area contributed by atoms with Gasteiger partial charge in [0.15, 0.2) is 0 Å². The van der Waals surface area contributed by atoms with Gasteiger partial charge in [0.25, 0.3) is 0 Å². The molecule has 1 fully saturated rings. The molecule has 2 atom stereocenters. The molecule has 1 N–H and O–H groups in total. The van der Waals surface area contributed by atoms with Crippen molar-refractivity contribution < 1.29 is 14.6 Å². The molecule has 20 heavy (non-hydrogen) atoms. The lowest BCUT2D eigenvalue weighted by atomic mass is 9.83. The first-order valence-electron chi connectivity index (χ1n) is 7.48. The van der Waals surface area contributed by atoms with Gasteiger partial charge in [-0.05, 0) is 31.4 Å². The topological polar surface area (TPSA) is 49.8 Å². The fourth-order valence-electron chi connectivity index (χ4n) is 3.47. The minimum absolute atomic E-state index is 0.101. The average molecular weight is 275 g/mol. The lowest BCUT2D eigenvalue weighted by Gasteiger charge is -2.39. The highest BCUT2D eigenvalue weighted by Gasteiger charge is 2.36. The van der Waals surface area contributed by atoms with Gasteiger partial charge in [0.05, 0.1) is 18.2 Å². The van der Waals surface area contributed by atoms with E-state index in [1.54, 1.807) is 0 Å². The molecule has 1 heterocycles. The molecular formula is C16H21NO3. The van der Waals surface area contributed by atoms with Crippen molar-refractivity contribution in [2.45, 2.75) is 38.1 Å². The predicted octanol–water partition coefficient (Wildman–Crippen LogP) is 2.92. The first kappa shape index (κ1) is 13.3. The number of anilines is 1. The third-order valence-electron chi connectivity index (χ3n) is 4.42. The van der Waals surface area contributed by atoms with Gasteiger partial charge in [0, 0.05) is 12.6 Å². The first-order chi connectivity index (χ1) is 9.77. The second kappa shape index (κ2) is 5.73. The van der Waals surface area contributed by atoms with Crippen LogP contribution in [0.3, 0.4) is 0 Å². The van der Waals surface area contributed by atoms with E-state index >= 15 is 0 Å². The van der Waals surface area contributed by atoms with E-state index in [0.717, 1.165) is 50.1 Å². The van der Waals surface area contributed by atoms with Crippen molar-refractivity contribution in [3.05, 3.63) is 24.3 Å². The predicted molar refractivity (Wildman–Crippen MR) is 77.3 cm³/mol. The van der Waals surface area contributed by atoms with E-state index in [1.165, 1.54) is 0 Å². The summed E-state index contributed by atoms with van der Waals surface area (Å²) in [7, 11) is 0. The first-order valence-corrected chi connectivity index (χ1v) is 7.48. The van der Waals surface area contributed by atoms with Crippen molar-refractivity contribution >= 4 is 11.7 Å². The van der Waals surface area contributed by atoms with Gasteiger partial charge >= 0.3 is 5.97 Å². The van der Waals surface area contributed by atoms with Gasteiger partial charge in [-0.3, -0.25) is 4.79 Å². The summed E-state index contributed by atoms with van der Waals surface area (Å²) in [6, 6.07) is 8.10. The summed E-state index contributed by atoms with van der Waals surface area (Å²) in [5.41, 5.74) is 1.06. The number of nitrogens with zero attached hydrogens (tertiary/aromatic N) is 1. The molecule has 3 rings (SSSR count). The van der Waals surface area contributed by atoms with Gasteiger partial charge in [-0.2, -0.15) is 0 Å². The highest BCUT2D eigenvalue weighted by molar-refractivity contribution is 5.72. The van der Waals surface area contributed by atoms with Gasteiger partial charge in [-0.25, -0.2) is 0 Å².